The van der Waals surface area contributed by atoms with Crippen LogP contribution in [-0.4, -0.2) is 32.6 Å². The minimum absolute atomic E-state index is 0.000423. The average molecular weight is 457 g/mol. The molecule has 0 radical (unpaired) electrons. The molecule has 4 rings (SSSR count). The highest BCUT2D eigenvalue weighted by Gasteiger charge is 2.35. The van der Waals surface area contributed by atoms with Gasteiger partial charge in [0.15, 0.2) is 5.17 Å². The first-order valence-corrected chi connectivity index (χ1v) is 12.0. The Kier molecular flexibility index (Phi) is 6.44. The summed E-state index contributed by atoms with van der Waals surface area (Å²) < 4.78 is 2.23. The number of para-hydroxylation sites is 1. The summed E-state index contributed by atoms with van der Waals surface area (Å²) >= 11 is 1.45. The third-order valence-corrected chi connectivity index (χ3v) is 6.74. The highest BCUT2D eigenvalue weighted by atomic mass is 32.2. The van der Waals surface area contributed by atoms with Crippen molar-refractivity contribution < 1.29 is 4.79 Å². The lowest BCUT2D eigenvalue weighted by atomic mass is 10.1. The zero-order chi connectivity index (χ0) is 23.7. The number of carbonyl (C=O) groups is 1. The van der Waals surface area contributed by atoms with Crippen LogP contribution in [0.5, 0.6) is 0 Å². The van der Waals surface area contributed by atoms with Gasteiger partial charge in [0.1, 0.15) is 0 Å². The molecule has 0 atom stereocenters. The number of carbonyl (C=O) groups excluding carboxylic acids is 1. The molecule has 1 aromatic heterocycles. The van der Waals surface area contributed by atoms with Gasteiger partial charge in [0.2, 0.25) is 0 Å². The fourth-order valence-electron chi connectivity index (χ4n) is 4.17. The zero-order valence-electron chi connectivity index (χ0n) is 19.7. The third kappa shape index (κ3) is 4.34. The molecule has 0 unspecified atom stereocenters. The summed E-state index contributed by atoms with van der Waals surface area (Å²) in [5, 5.41) is 11.4. The van der Waals surface area contributed by atoms with Gasteiger partial charge in [-0.25, -0.2) is 0 Å². The number of rotatable bonds is 5. The molecule has 1 amide bonds. The quantitative estimate of drug-likeness (QED) is 0.445. The zero-order valence-corrected chi connectivity index (χ0v) is 20.5. The van der Waals surface area contributed by atoms with Crippen LogP contribution in [0.4, 0.5) is 0 Å². The van der Waals surface area contributed by atoms with E-state index in [2.05, 4.69) is 29.7 Å². The van der Waals surface area contributed by atoms with Crippen molar-refractivity contribution in [3.8, 4) is 6.07 Å². The highest BCUT2D eigenvalue weighted by Crippen LogP contribution is 2.37. The van der Waals surface area contributed by atoms with Gasteiger partial charge < -0.3 is 4.57 Å². The largest absolute Gasteiger partial charge is 0.340 e. The Morgan fingerprint density at radius 2 is 1.79 bits per heavy atom. The van der Waals surface area contributed by atoms with Gasteiger partial charge in [-0.3, -0.25) is 14.7 Å². The summed E-state index contributed by atoms with van der Waals surface area (Å²) in [6.45, 7) is 10.7. The number of nitriles is 1. The van der Waals surface area contributed by atoms with Gasteiger partial charge in [-0.15, -0.1) is 0 Å². The number of hydrogen-bond donors (Lipinski definition) is 0. The summed E-state index contributed by atoms with van der Waals surface area (Å²) in [6, 6.07) is 18.4. The van der Waals surface area contributed by atoms with E-state index in [0.717, 1.165) is 32.9 Å². The van der Waals surface area contributed by atoms with Crippen molar-refractivity contribution in [1.82, 2.24) is 9.47 Å². The highest BCUT2D eigenvalue weighted by molar-refractivity contribution is 8.18. The molecule has 0 spiro atoms. The number of amidine groups is 1. The van der Waals surface area contributed by atoms with Gasteiger partial charge in [-0.05, 0) is 70.2 Å². The molecule has 168 valence electrons. The van der Waals surface area contributed by atoms with E-state index in [4.69, 9.17) is 4.99 Å². The average Bonchev–Trinajstić information content (AvgIpc) is 3.22. The van der Waals surface area contributed by atoms with Gasteiger partial charge in [-0.1, -0.05) is 36.4 Å². The number of fused-ring (bicyclic) bond motifs is 1. The van der Waals surface area contributed by atoms with Crippen molar-refractivity contribution in [2.45, 2.75) is 53.2 Å². The molecule has 0 aliphatic carbocycles. The van der Waals surface area contributed by atoms with E-state index in [1.165, 1.54) is 11.8 Å². The molecule has 5 nitrogen and oxygen atoms in total. The fourth-order valence-corrected chi connectivity index (χ4v) is 5.38. The van der Waals surface area contributed by atoms with Crippen LogP contribution in [-0.2, 0) is 11.3 Å². The van der Waals surface area contributed by atoms with Crippen LogP contribution in [0.3, 0.4) is 0 Å². The minimum Gasteiger partial charge on any atom is -0.340 e. The van der Waals surface area contributed by atoms with Crippen molar-refractivity contribution in [2.75, 3.05) is 0 Å². The molecule has 3 aromatic rings. The molecule has 0 N–H and O–H groups in total. The molecule has 0 saturated carbocycles. The first kappa shape index (κ1) is 22.9. The lowest BCUT2D eigenvalue weighted by Gasteiger charge is -2.20. The van der Waals surface area contributed by atoms with Crippen LogP contribution in [0.2, 0.25) is 0 Å². The molecule has 0 bridgehead atoms. The van der Waals surface area contributed by atoms with Crippen LogP contribution in [0.1, 0.15) is 50.1 Å². The van der Waals surface area contributed by atoms with E-state index in [-0.39, 0.29) is 18.0 Å². The Bertz CT molecular complexity index is 1320. The number of thioether (sulfide) groups is 1. The lowest BCUT2D eigenvalue weighted by Crippen LogP contribution is -2.35. The van der Waals surface area contributed by atoms with E-state index in [1.807, 2.05) is 70.2 Å². The molecule has 1 fully saturated rings. The van der Waals surface area contributed by atoms with E-state index >= 15 is 0 Å². The van der Waals surface area contributed by atoms with Crippen LogP contribution in [0.25, 0.3) is 17.0 Å². The van der Waals surface area contributed by atoms with Crippen LogP contribution < -0.4 is 0 Å². The molecule has 1 aliphatic rings. The Morgan fingerprint density at radius 1 is 1.09 bits per heavy atom. The summed E-state index contributed by atoms with van der Waals surface area (Å²) in [5.74, 6) is 0.000423. The van der Waals surface area contributed by atoms with E-state index in [0.29, 0.717) is 17.0 Å². The lowest BCUT2D eigenvalue weighted by molar-refractivity contribution is -0.123. The van der Waals surface area contributed by atoms with Crippen LogP contribution in [0.15, 0.2) is 58.4 Å². The maximum absolute atomic E-state index is 13.3. The first-order valence-electron chi connectivity index (χ1n) is 11.2. The van der Waals surface area contributed by atoms with Crippen LogP contribution in [0, 0.1) is 18.3 Å². The van der Waals surface area contributed by atoms with Gasteiger partial charge in [0, 0.05) is 40.8 Å². The smallest absolute Gasteiger partial charge is 0.266 e. The van der Waals surface area contributed by atoms with E-state index in [1.54, 1.807) is 4.90 Å². The molecular weight excluding hydrogens is 428 g/mol. The molecule has 1 saturated heterocycles. The number of aliphatic imine (C=N–C) groups is 1. The maximum Gasteiger partial charge on any atom is 0.266 e. The third-order valence-electron chi connectivity index (χ3n) is 5.74. The summed E-state index contributed by atoms with van der Waals surface area (Å²) in [6.07, 6.45) is 2.01. The summed E-state index contributed by atoms with van der Waals surface area (Å²) in [5.41, 5.74) is 4.84. The SMILES string of the molecule is Cc1c(/C=C2/SC(=NC(C)C)N(C(C)C)C2=O)c2ccccc2n1Cc1ccccc1C#N. The molecular formula is C27H28N4OS. The van der Waals surface area contributed by atoms with Gasteiger partial charge in [0.25, 0.3) is 5.91 Å². The van der Waals surface area contributed by atoms with Gasteiger partial charge in [-0.2, -0.15) is 5.26 Å². The first-order chi connectivity index (χ1) is 15.8. The number of hydrogen-bond acceptors (Lipinski definition) is 4. The maximum atomic E-state index is 13.3. The molecule has 2 aromatic carbocycles. The second kappa shape index (κ2) is 9.29. The Labute approximate surface area is 199 Å². The molecule has 2 heterocycles. The Morgan fingerprint density at radius 3 is 2.48 bits per heavy atom. The van der Waals surface area contributed by atoms with E-state index < -0.39 is 0 Å². The summed E-state index contributed by atoms with van der Waals surface area (Å²) in [4.78, 5) is 20.5. The van der Waals surface area contributed by atoms with Crippen molar-refractivity contribution in [3.05, 3.63) is 75.8 Å². The number of nitrogens with zero attached hydrogens (tertiary/aromatic N) is 4. The number of amides is 1. The Balaban J connectivity index is 1.83. The van der Waals surface area contributed by atoms with Crippen molar-refractivity contribution in [1.29, 1.82) is 5.26 Å². The topological polar surface area (TPSA) is 61.4 Å². The van der Waals surface area contributed by atoms with Crippen molar-refractivity contribution in [3.63, 3.8) is 0 Å². The molecule has 1 aliphatic heterocycles. The van der Waals surface area contributed by atoms with E-state index in [9.17, 15) is 10.1 Å². The second-order valence-corrected chi connectivity index (χ2v) is 9.77. The van der Waals surface area contributed by atoms with Crippen molar-refractivity contribution >= 4 is 39.8 Å². The van der Waals surface area contributed by atoms with Crippen LogP contribution >= 0.6 is 11.8 Å². The normalized spacial score (nSPS) is 16.7. The molecule has 33 heavy (non-hydrogen) atoms. The number of aromatic nitrogens is 1. The molecule has 6 heteroatoms. The predicted octanol–water partition coefficient (Wildman–Crippen LogP) is 5.96. The summed E-state index contributed by atoms with van der Waals surface area (Å²) in [7, 11) is 0. The monoisotopic (exact) mass is 456 g/mol. The van der Waals surface area contributed by atoms with Gasteiger partial charge in [0.05, 0.1) is 16.5 Å². The number of benzene rings is 2. The fraction of sp³-hybridized carbons (Fsp3) is 0.296. The van der Waals surface area contributed by atoms with Crippen molar-refractivity contribution in [2.24, 2.45) is 4.99 Å². The Hall–Kier alpha value is -3.30. The predicted molar refractivity (Wildman–Crippen MR) is 137 cm³/mol. The standard InChI is InChI=1S/C27H28N4OS/c1-17(2)29-27-31(18(3)4)26(32)25(33-27)14-23-19(5)30(24-13-9-8-12-22(23)24)16-21-11-7-6-10-20(21)15-28/h6-14,17-18H,16H2,1-5H3/b25-14+,29-27?. The second-order valence-electron chi connectivity index (χ2n) is 8.76. The minimum atomic E-state index is 0.000423. The van der Waals surface area contributed by atoms with Gasteiger partial charge >= 0.3 is 0 Å².